The van der Waals surface area contributed by atoms with Crippen LogP contribution in [-0.4, -0.2) is 56.9 Å². The Morgan fingerprint density at radius 2 is 2.06 bits per heavy atom. The van der Waals surface area contributed by atoms with E-state index in [1.165, 1.54) is 11.3 Å². The number of nitrogens with one attached hydrogen (secondary N) is 1. The number of carboxylic acids is 1. The molecule has 3 aromatic rings. The van der Waals surface area contributed by atoms with Crippen molar-refractivity contribution >= 4 is 40.4 Å². The third-order valence-electron chi connectivity index (χ3n) is 4.62. The summed E-state index contributed by atoms with van der Waals surface area (Å²) in [6.07, 6.45) is -1.39. The Labute approximate surface area is 189 Å². The van der Waals surface area contributed by atoms with Crippen LogP contribution in [0.25, 0.3) is 5.52 Å². The van der Waals surface area contributed by atoms with Gasteiger partial charge in [-0.15, -0.1) is 16.4 Å². The van der Waals surface area contributed by atoms with Crippen molar-refractivity contribution in [2.45, 2.75) is 25.1 Å². The molecule has 0 radical (unpaired) electrons. The maximum Gasteiger partial charge on any atom is 0.490 e. The van der Waals surface area contributed by atoms with Crippen LogP contribution in [0.3, 0.4) is 0 Å². The number of hydrogen-bond donors (Lipinski definition) is 3. The van der Waals surface area contributed by atoms with Gasteiger partial charge in [-0.1, -0.05) is 0 Å². The summed E-state index contributed by atoms with van der Waals surface area (Å²) in [6, 6.07) is 7.39. The van der Waals surface area contributed by atoms with E-state index in [0.717, 1.165) is 24.9 Å². The molecule has 1 atom stereocenters. The lowest BCUT2D eigenvalue weighted by molar-refractivity contribution is -0.192. The highest BCUT2D eigenvalue weighted by atomic mass is 32.1. The van der Waals surface area contributed by atoms with Crippen LogP contribution in [0, 0.1) is 11.3 Å². The highest BCUT2D eigenvalue weighted by Crippen LogP contribution is 2.22. The van der Waals surface area contributed by atoms with Crippen LogP contribution in [0.2, 0.25) is 0 Å². The van der Waals surface area contributed by atoms with E-state index in [9.17, 15) is 18.0 Å². The Hall–Kier alpha value is -3.70. The van der Waals surface area contributed by atoms with Crippen LogP contribution in [0.15, 0.2) is 29.8 Å². The summed E-state index contributed by atoms with van der Waals surface area (Å²) in [4.78, 5) is 28.5. The number of piperidine rings is 1. The topological polar surface area (TPSA) is 150 Å². The number of anilines is 2. The second kappa shape index (κ2) is 9.84. The Bertz CT molecular complexity index is 1200. The van der Waals surface area contributed by atoms with E-state index in [0.29, 0.717) is 28.8 Å². The van der Waals surface area contributed by atoms with E-state index in [1.807, 2.05) is 4.90 Å². The first kappa shape index (κ1) is 24.0. The summed E-state index contributed by atoms with van der Waals surface area (Å²) in [5.41, 5.74) is 7.67. The standard InChI is InChI=1S/C17H17N7OS.C2HF3O2/c18-8-15-13(5-7-26-15)21-16(25)14-4-3-12-9-20-17(22-24(12)14)23-6-1-2-11(19)10-23;3-2(4,5)1(6)7/h3-5,7,9,11H,1-2,6,10,19H2,(H,21,25);(H,6,7)/t11-;/m1./s1. The lowest BCUT2D eigenvalue weighted by atomic mass is 10.1. The van der Waals surface area contributed by atoms with Crippen molar-refractivity contribution in [2.75, 3.05) is 23.3 Å². The number of carbonyl (C=O) groups is 2. The van der Waals surface area contributed by atoms with Crippen LogP contribution >= 0.6 is 11.3 Å². The number of thiophene rings is 1. The smallest absolute Gasteiger partial charge is 0.475 e. The Kier molecular flexibility index (Phi) is 7.14. The number of rotatable bonds is 3. The molecule has 174 valence electrons. The Morgan fingerprint density at radius 1 is 1.33 bits per heavy atom. The van der Waals surface area contributed by atoms with Gasteiger partial charge < -0.3 is 21.1 Å². The zero-order chi connectivity index (χ0) is 24.2. The Balaban J connectivity index is 0.000000383. The normalized spacial score (nSPS) is 16.0. The molecule has 0 bridgehead atoms. The summed E-state index contributed by atoms with van der Waals surface area (Å²) in [7, 11) is 0. The quantitative estimate of drug-likeness (QED) is 0.516. The first-order valence-electron chi connectivity index (χ1n) is 9.54. The molecular weight excluding hydrogens is 463 g/mol. The van der Waals surface area contributed by atoms with Gasteiger partial charge in [-0.3, -0.25) is 4.79 Å². The van der Waals surface area contributed by atoms with Gasteiger partial charge in [0.25, 0.3) is 5.91 Å². The van der Waals surface area contributed by atoms with Crippen molar-refractivity contribution in [3.63, 3.8) is 0 Å². The molecule has 3 aromatic heterocycles. The third kappa shape index (κ3) is 5.76. The predicted molar refractivity (Wildman–Crippen MR) is 113 cm³/mol. The van der Waals surface area contributed by atoms with Crippen molar-refractivity contribution in [1.82, 2.24) is 14.6 Å². The summed E-state index contributed by atoms with van der Waals surface area (Å²) < 4.78 is 33.3. The number of carboxylic acid groups (broad SMARTS) is 1. The number of nitriles is 1. The molecule has 0 saturated carbocycles. The van der Waals surface area contributed by atoms with E-state index < -0.39 is 12.1 Å². The summed E-state index contributed by atoms with van der Waals surface area (Å²) >= 11 is 1.29. The number of amides is 1. The van der Waals surface area contributed by atoms with Gasteiger partial charge in [0.15, 0.2) is 0 Å². The zero-order valence-electron chi connectivity index (χ0n) is 16.9. The maximum atomic E-state index is 12.7. The maximum absolute atomic E-state index is 12.7. The molecule has 4 rings (SSSR count). The van der Waals surface area contributed by atoms with E-state index in [-0.39, 0.29) is 11.9 Å². The number of alkyl halides is 3. The average Bonchev–Trinajstić information content (AvgIpc) is 3.39. The van der Waals surface area contributed by atoms with Crippen LogP contribution in [-0.2, 0) is 4.79 Å². The third-order valence-corrected chi connectivity index (χ3v) is 5.44. The summed E-state index contributed by atoms with van der Waals surface area (Å²) in [5, 5.41) is 25.3. The van der Waals surface area contributed by atoms with E-state index in [4.69, 9.17) is 20.9 Å². The number of aromatic nitrogens is 3. The minimum atomic E-state index is -5.08. The molecule has 0 aliphatic carbocycles. The number of hydrogen-bond acceptors (Lipinski definition) is 8. The minimum absolute atomic E-state index is 0.110. The van der Waals surface area contributed by atoms with Crippen LogP contribution < -0.4 is 16.0 Å². The number of carbonyl (C=O) groups excluding carboxylic acids is 1. The molecule has 14 heteroatoms. The molecule has 0 unspecified atom stereocenters. The second-order valence-corrected chi connectivity index (χ2v) is 7.91. The van der Waals surface area contributed by atoms with Crippen molar-refractivity contribution in [3.05, 3.63) is 40.3 Å². The fourth-order valence-electron chi connectivity index (χ4n) is 3.08. The average molecular weight is 481 g/mol. The van der Waals surface area contributed by atoms with E-state index in [2.05, 4.69) is 21.5 Å². The molecule has 1 amide bonds. The van der Waals surface area contributed by atoms with Crippen molar-refractivity contribution in [1.29, 1.82) is 5.26 Å². The fraction of sp³-hybridized carbons (Fsp3) is 0.316. The van der Waals surface area contributed by atoms with Crippen molar-refractivity contribution < 1.29 is 27.9 Å². The van der Waals surface area contributed by atoms with Gasteiger partial charge in [0, 0.05) is 19.1 Å². The molecule has 0 aromatic carbocycles. The van der Waals surface area contributed by atoms with Crippen LogP contribution in [0.1, 0.15) is 28.2 Å². The summed E-state index contributed by atoms with van der Waals surface area (Å²) in [5.74, 6) is -2.52. The van der Waals surface area contributed by atoms with Gasteiger partial charge >= 0.3 is 12.1 Å². The van der Waals surface area contributed by atoms with Gasteiger partial charge in [-0.05, 0) is 36.4 Å². The number of fused-ring (bicyclic) bond motifs is 1. The summed E-state index contributed by atoms with van der Waals surface area (Å²) in [6.45, 7) is 1.55. The first-order valence-corrected chi connectivity index (χ1v) is 10.4. The van der Waals surface area contributed by atoms with Crippen LogP contribution in [0.4, 0.5) is 24.8 Å². The lowest BCUT2D eigenvalue weighted by Crippen LogP contribution is -2.43. The van der Waals surface area contributed by atoms with Gasteiger partial charge in [-0.25, -0.2) is 14.3 Å². The first-order chi connectivity index (χ1) is 15.6. The number of aliphatic carboxylic acids is 1. The molecular formula is C19H18F3N7O3S. The van der Waals surface area contributed by atoms with E-state index in [1.54, 1.807) is 34.3 Å². The molecule has 33 heavy (non-hydrogen) atoms. The molecule has 4 heterocycles. The second-order valence-electron chi connectivity index (χ2n) is 6.99. The highest BCUT2D eigenvalue weighted by molar-refractivity contribution is 7.11. The zero-order valence-corrected chi connectivity index (χ0v) is 17.7. The van der Waals surface area contributed by atoms with E-state index >= 15 is 0 Å². The van der Waals surface area contributed by atoms with Crippen molar-refractivity contribution in [3.8, 4) is 6.07 Å². The van der Waals surface area contributed by atoms with Gasteiger partial charge in [0.1, 0.15) is 16.6 Å². The van der Waals surface area contributed by atoms with Gasteiger partial charge in [0.05, 0.1) is 17.4 Å². The molecule has 1 aliphatic rings. The molecule has 4 N–H and O–H groups in total. The molecule has 1 fully saturated rings. The van der Waals surface area contributed by atoms with Crippen molar-refractivity contribution in [2.24, 2.45) is 5.73 Å². The number of nitrogens with two attached hydrogens (primary N) is 1. The number of nitrogens with zero attached hydrogens (tertiary/aromatic N) is 5. The lowest BCUT2D eigenvalue weighted by Gasteiger charge is -2.30. The van der Waals surface area contributed by atoms with Gasteiger partial charge in [0.2, 0.25) is 5.95 Å². The monoisotopic (exact) mass is 481 g/mol. The largest absolute Gasteiger partial charge is 0.490 e. The van der Waals surface area contributed by atoms with Gasteiger partial charge in [-0.2, -0.15) is 18.4 Å². The molecule has 1 saturated heterocycles. The highest BCUT2D eigenvalue weighted by Gasteiger charge is 2.38. The predicted octanol–water partition coefficient (Wildman–Crippen LogP) is 2.48. The molecule has 1 aliphatic heterocycles. The molecule has 10 nitrogen and oxygen atoms in total. The number of halogens is 3. The van der Waals surface area contributed by atoms with Crippen LogP contribution in [0.5, 0.6) is 0 Å². The molecule has 0 spiro atoms. The Morgan fingerprint density at radius 3 is 2.70 bits per heavy atom. The fourth-order valence-corrected chi connectivity index (χ4v) is 3.72. The minimum Gasteiger partial charge on any atom is -0.475 e. The SMILES string of the molecule is N#Cc1sccc1NC(=O)c1ccc2cnc(N3CCC[C@@H](N)C3)nn12.O=C(O)C(F)(F)F.